The van der Waals surface area contributed by atoms with Gasteiger partial charge in [0.15, 0.2) is 0 Å². The standard InChI is InChI=1S/C12H18F3N3S/c1-3-19-5-4-8(2)18-10-6-11(12(13,14)15)17-7-9(10)16/h6-8H,3-5,16H2,1-2H3,(H,17,18). The lowest BCUT2D eigenvalue weighted by atomic mass is 10.2. The summed E-state index contributed by atoms with van der Waals surface area (Å²) < 4.78 is 37.7. The molecule has 1 aromatic rings. The number of hydrogen-bond acceptors (Lipinski definition) is 4. The quantitative estimate of drug-likeness (QED) is 0.786. The molecule has 0 aromatic carbocycles. The largest absolute Gasteiger partial charge is 0.433 e. The van der Waals surface area contributed by atoms with Crippen molar-refractivity contribution in [2.75, 3.05) is 22.6 Å². The smallest absolute Gasteiger partial charge is 0.396 e. The van der Waals surface area contributed by atoms with Gasteiger partial charge in [0.25, 0.3) is 0 Å². The SMILES string of the molecule is CCSCCC(C)Nc1cc(C(F)(F)F)ncc1N. The fourth-order valence-corrected chi connectivity index (χ4v) is 2.30. The fourth-order valence-electron chi connectivity index (χ4n) is 1.49. The van der Waals surface area contributed by atoms with Gasteiger partial charge in [-0.15, -0.1) is 0 Å². The summed E-state index contributed by atoms with van der Waals surface area (Å²) in [5.74, 6) is 1.99. The van der Waals surface area contributed by atoms with E-state index in [4.69, 9.17) is 5.73 Å². The third-order valence-corrected chi connectivity index (χ3v) is 3.46. The zero-order valence-corrected chi connectivity index (χ0v) is 11.7. The highest BCUT2D eigenvalue weighted by Crippen LogP contribution is 2.31. The van der Waals surface area contributed by atoms with Crippen molar-refractivity contribution in [3.63, 3.8) is 0 Å². The molecule has 3 nitrogen and oxygen atoms in total. The van der Waals surface area contributed by atoms with E-state index in [1.807, 2.05) is 6.92 Å². The number of nitrogens with zero attached hydrogens (tertiary/aromatic N) is 1. The van der Waals surface area contributed by atoms with Gasteiger partial charge in [0, 0.05) is 6.04 Å². The van der Waals surface area contributed by atoms with Crippen LogP contribution in [0.2, 0.25) is 0 Å². The van der Waals surface area contributed by atoms with Crippen LogP contribution >= 0.6 is 11.8 Å². The lowest BCUT2D eigenvalue weighted by molar-refractivity contribution is -0.141. The van der Waals surface area contributed by atoms with Crippen LogP contribution in [0.4, 0.5) is 24.5 Å². The summed E-state index contributed by atoms with van der Waals surface area (Å²) >= 11 is 1.80. The number of anilines is 2. The molecule has 0 aliphatic carbocycles. The number of halogens is 3. The molecule has 19 heavy (non-hydrogen) atoms. The molecular weight excluding hydrogens is 275 g/mol. The molecule has 7 heteroatoms. The molecule has 3 N–H and O–H groups in total. The summed E-state index contributed by atoms with van der Waals surface area (Å²) in [6.45, 7) is 3.99. The van der Waals surface area contributed by atoms with E-state index in [1.165, 1.54) is 0 Å². The Hall–Kier alpha value is -1.11. The van der Waals surface area contributed by atoms with Crippen molar-refractivity contribution in [1.82, 2.24) is 4.98 Å². The first-order valence-corrected chi connectivity index (χ1v) is 7.17. The molecule has 0 bridgehead atoms. The van der Waals surface area contributed by atoms with Gasteiger partial charge >= 0.3 is 6.18 Å². The van der Waals surface area contributed by atoms with Crippen LogP contribution in [-0.4, -0.2) is 22.5 Å². The minimum Gasteiger partial charge on any atom is -0.396 e. The van der Waals surface area contributed by atoms with Crippen LogP contribution in [0.1, 0.15) is 26.0 Å². The molecule has 0 spiro atoms. The first kappa shape index (κ1) is 15.9. The summed E-state index contributed by atoms with van der Waals surface area (Å²) in [7, 11) is 0. The molecule has 108 valence electrons. The molecule has 0 fully saturated rings. The second-order valence-corrected chi connectivity index (χ2v) is 5.58. The first-order valence-electron chi connectivity index (χ1n) is 6.01. The Balaban J connectivity index is 2.71. The Kier molecular flexibility index (Phi) is 5.78. The molecule has 1 rings (SSSR count). The molecule has 1 unspecified atom stereocenters. The zero-order chi connectivity index (χ0) is 14.5. The number of alkyl halides is 3. The van der Waals surface area contributed by atoms with Crippen LogP contribution in [0.3, 0.4) is 0 Å². The van der Waals surface area contributed by atoms with Crippen LogP contribution < -0.4 is 11.1 Å². The van der Waals surface area contributed by atoms with Gasteiger partial charge in [-0.25, -0.2) is 4.98 Å². The molecule has 1 atom stereocenters. The predicted octanol–water partition coefficient (Wildman–Crippen LogP) is 3.63. The van der Waals surface area contributed by atoms with Crippen LogP contribution in [0.25, 0.3) is 0 Å². The number of hydrogen-bond donors (Lipinski definition) is 2. The number of thioether (sulfide) groups is 1. The van der Waals surface area contributed by atoms with Crippen molar-refractivity contribution in [2.45, 2.75) is 32.5 Å². The molecule has 0 saturated carbocycles. The van der Waals surface area contributed by atoms with Crippen LogP contribution in [-0.2, 0) is 6.18 Å². The first-order chi connectivity index (χ1) is 8.84. The van der Waals surface area contributed by atoms with Crippen LogP contribution in [0, 0.1) is 0 Å². The molecular formula is C12H18F3N3S. The minimum atomic E-state index is -4.45. The monoisotopic (exact) mass is 293 g/mol. The van der Waals surface area contributed by atoms with Gasteiger partial charge in [-0.2, -0.15) is 24.9 Å². The van der Waals surface area contributed by atoms with E-state index in [0.29, 0.717) is 0 Å². The number of rotatable bonds is 6. The van der Waals surface area contributed by atoms with Gasteiger partial charge in [-0.1, -0.05) is 6.92 Å². The molecule has 0 aliphatic heterocycles. The number of pyridine rings is 1. The number of nitrogens with one attached hydrogen (secondary N) is 1. The number of nitrogens with two attached hydrogens (primary N) is 1. The highest BCUT2D eigenvalue weighted by Gasteiger charge is 2.33. The molecule has 0 amide bonds. The maximum Gasteiger partial charge on any atom is 0.433 e. The topological polar surface area (TPSA) is 50.9 Å². The van der Waals surface area contributed by atoms with Crippen molar-refractivity contribution < 1.29 is 13.2 Å². The van der Waals surface area contributed by atoms with E-state index in [0.717, 1.165) is 30.2 Å². The number of aromatic nitrogens is 1. The molecule has 0 saturated heterocycles. The van der Waals surface area contributed by atoms with Gasteiger partial charge in [0.05, 0.1) is 17.6 Å². The Labute approximate surface area is 115 Å². The van der Waals surface area contributed by atoms with Gasteiger partial charge in [0.1, 0.15) is 5.69 Å². The average molecular weight is 293 g/mol. The Morgan fingerprint density at radius 2 is 2.16 bits per heavy atom. The summed E-state index contributed by atoms with van der Waals surface area (Å²) in [6.07, 6.45) is -2.55. The Morgan fingerprint density at radius 1 is 1.47 bits per heavy atom. The van der Waals surface area contributed by atoms with Gasteiger partial charge in [-0.05, 0) is 30.9 Å². The van der Waals surface area contributed by atoms with Gasteiger partial charge < -0.3 is 11.1 Å². The van der Waals surface area contributed by atoms with Crippen molar-refractivity contribution >= 4 is 23.1 Å². The van der Waals surface area contributed by atoms with E-state index < -0.39 is 11.9 Å². The molecule has 1 aromatic heterocycles. The second kappa shape index (κ2) is 6.88. The molecule has 1 heterocycles. The summed E-state index contributed by atoms with van der Waals surface area (Å²) in [6, 6.07) is 1.02. The van der Waals surface area contributed by atoms with Crippen LogP contribution in [0.15, 0.2) is 12.3 Å². The third kappa shape index (κ3) is 5.18. The van der Waals surface area contributed by atoms with Crippen molar-refractivity contribution in [1.29, 1.82) is 0 Å². The van der Waals surface area contributed by atoms with E-state index in [-0.39, 0.29) is 17.4 Å². The average Bonchev–Trinajstić information content (AvgIpc) is 2.31. The van der Waals surface area contributed by atoms with E-state index in [1.54, 1.807) is 11.8 Å². The van der Waals surface area contributed by atoms with E-state index in [9.17, 15) is 13.2 Å². The van der Waals surface area contributed by atoms with E-state index in [2.05, 4.69) is 17.2 Å². The number of nitrogen functional groups attached to an aromatic ring is 1. The Morgan fingerprint density at radius 3 is 2.74 bits per heavy atom. The zero-order valence-electron chi connectivity index (χ0n) is 10.9. The normalized spacial score (nSPS) is 13.3. The highest BCUT2D eigenvalue weighted by atomic mass is 32.2. The minimum absolute atomic E-state index is 0.0600. The van der Waals surface area contributed by atoms with Crippen molar-refractivity contribution in [3.8, 4) is 0 Å². The molecule has 0 radical (unpaired) electrons. The van der Waals surface area contributed by atoms with Gasteiger partial charge in [0.2, 0.25) is 0 Å². The predicted molar refractivity (Wildman–Crippen MR) is 74.4 cm³/mol. The second-order valence-electron chi connectivity index (χ2n) is 4.19. The lowest BCUT2D eigenvalue weighted by Crippen LogP contribution is -2.18. The maximum atomic E-state index is 12.6. The fraction of sp³-hybridized carbons (Fsp3) is 0.583. The maximum absolute atomic E-state index is 12.6. The van der Waals surface area contributed by atoms with Crippen molar-refractivity contribution in [3.05, 3.63) is 18.0 Å². The Bertz CT molecular complexity index is 410. The summed E-state index contributed by atoms with van der Waals surface area (Å²) in [5.41, 5.74) is 5.22. The summed E-state index contributed by atoms with van der Waals surface area (Å²) in [4.78, 5) is 3.30. The lowest BCUT2D eigenvalue weighted by Gasteiger charge is -2.17. The van der Waals surface area contributed by atoms with Crippen molar-refractivity contribution in [2.24, 2.45) is 0 Å². The summed E-state index contributed by atoms with van der Waals surface area (Å²) in [5, 5.41) is 3.00. The molecule has 0 aliphatic rings. The van der Waals surface area contributed by atoms with Gasteiger partial charge in [-0.3, -0.25) is 0 Å². The van der Waals surface area contributed by atoms with E-state index >= 15 is 0 Å². The highest BCUT2D eigenvalue weighted by molar-refractivity contribution is 7.99. The van der Waals surface area contributed by atoms with Crippen LogP contribution in [0.5, 0.6) is 0 Å². The third-order valence-electron chi connectivity index (χ3n) is 2.53.